The molecule has 1 atom stereocenters. The number of nitrogens with zero attached hydrogens (tertiary/aromatic N) is 3. The molecule has 5 rings (SSSR count). The Morgan fingerprint density at radius 1 is 0.865 bits per heavy atom. The first kappa shape index (κ1) is 25.5. The van der Waals surface area contributed by atoms with Gasteiger partial charge in [0.05, 0.1) is 6.04 Å². The van der Waals surface area contributed by atoms with Gasteiger partial charge in [-0.05, 0) is 60.0 Å². The van der Waals surface area contributed by atoms with Gasteiger partial charge in [-0.25, -0.2) is 0 Å². The monoisotopic (exact) mass is 517 g/mol. The molecule has 2 amide bonds. The third kappa shape index (κ3) is 6.05. The maximum Gasteiger partial charge on any atom is 0.260 e. The van der Waals surface area contributed by atoms with Crippen molar-refractivity contribution in [2.24, 2.45) is 0 Å². The van der Waals surface area contributed by atoms with Gasteiger partial charge in [-0.3, -0.25) is 14.5 Å². The van der Waals surface area contributed by atoms with Crippen molar-refractivity contribution >= 4 is 23.2 Å². The minimum absolute atomic E-state index is 0.0256. The molecule has 0 N–H and O–H groups in total. The average molecular weight is 518 g/mol. The number of carbonyl (C=O) groups excluding carboxylic acids is 2. The van der Waals surface area contributed by atoms with E-state index in [9.17, 15) is 9.59 Å². The highest BCUT2D eigenvalue weighted by atomic mass is 32.1. The third-order valence-corrected chi connectivity index (χ3v) is 8.46. The highest BCUT2D eigenvalue weighted by molar-refractivity contribution is 7.10. The molecule has 1 saturated heterocycles. The van der Waals surface area contributed by atoms with E-state index in [0.29, 0.717) is 38.3 Å². The first-order valence-corrected chi connectivity index (χ1v) is 14.1. The molecule has 0 unspecified atom stereocenters. The van der Waals surface area contributed by atoms with Crippen LogP contribution >= 0.6 is 11.3 Å². The second-order valence-electron chi connectivity index (χ2n) is 9.81. The van der Waals surface area contributed by atoms with Crippen LogP contribution in [-0.4, -0.2) is 72.4 Å². The molecule has 2 aromatic carbocycles. The largest absolute Gasteiger partial charge is 0.484 e. The van der Waals surface area contributed by atoms with Gasteiger partial charge in [0.15, 0.2) is 6.61 Å². The second-order valence-corrected chi connectivity index (χ2v) is 10.8. The fourth-order valence-electron chi connectivity index (χ4n) is 5.43. The lowest BCUT2D eigenvalue weighted by Crippen LogP contribution is -2.41. The second kappa shape index (κ2) is 11.9. The zero-order chi connectivity index (χ0) is 25.6. The highest BCUT2D eigenvalue weighted by Crippen LogP contribution is 2.38. The van der Waals surface area contributed by atoms with Gasteiger partial charge < -0.3 is 14.5 Å². The molecular formula is C30H35N3O3S. The van der Waals surface area contributed by atoms with Crippen LogP contribution < -0.4 is 4.74 Å². The van der Waals surface area contributed by atoms with Crippen molar-refractivity contribution in [3.63, 3.8) is 0 Å². The lowest BCUT2D eigenvalue weighted by Gasteiger charge is -2.37. The normalized spacial score (nSPS) is 18.2. The number of carbonyl (C=O) groups is 2. The molecule has 0 bridgehead atoms. The standard InChI is InChI=1S/C30H35N3O3S/c1-23-8-5-6-11-25(23)30-26-14-21-37-27(26)12-17-33(30)18-13-28(34)31-15-7-16-32(20-19-31)29(35)22-36-24-9-3-2-4-10-24/h2-6,8-11,14,21,30H,7,12-13,15-20,22H2,1H3/t30-/m0/s1. The molecule has 3 aromatic rings. The Kier molecular flexibility index (Phi) is 8.21. The number of hydrogen-bond donors (Lipinski definition) is 0. The summed E-state index contributed by atoms with van der Waals surface area (Å²) in [5, 5.41) is 2.19. The molecule has 0 spiro atoms. The summed E-state index contributed by atoms with van der Waals surface area (Å²) in [6.45, 7) is 6.37. The van der Waals surface area contributed by atoms with E-state index in [2.05, 4.69) is 47.5 Å². The van der Waals surface area contributed by atoms with Crippen LogP contribution in [0.3, 0.4) is 0 Å². The molecule has 2 aliphatic rings. The van der Waals surface area contributed by atoms with E-state index in [-0.39, 0.29) is 24.5 Å². The highest BCUT2D eigenvalue weighted by Gasteiger charge is 2.31. The van der Waals surface area contributed by atoms with E-state index < -0.39 is 0 Å². The number of para-hydroxylation sites is 1. The predicted molar refractivity (Wildman–Crippen MR) is 147 cm³/mol. The maximum atomic E-state index is 13.3. The van der Waals surface area contributed by atoms with Crippen LogP contribution in [-0.2, 0) is 16.0 Å². The minimum Gasteiger partial charge on any atom is -0.484 e. The summed E-state index contributed by atoms with van der Waals surface area (Å²) in [6, 6.07) is 20.5. The molecule has 194 valence electrons. The number of hydrogen-bond acceptors (Lipinski definition) is 5. The summed E-state index contributed by atoms with van der Waals surface area (Å²) in [7, 11) is 0. The summed E-state index contributed by atoms with van der Waals surface area (Å²) < 4.78 is 5.64. The van der Waals surface area contributed by atoms with Gasteiger partial charge in [-0.1, -0.05) is 42.5 Å². The van der Waals surface area contributed by atoms with E-state index in [1.54, 1.807) is 0 Å². The number of rotatable bonds is 7. The molecule has 1 fully saturated rings. The molecule has 0 radical (unpaired) electrons. The molecule has 6 nitrogen and oxygen atoms in total. The molecule has 3 heterocycles. The zero-order valence-corrected chi connectivity index (χ0v) is 22.3. The smallest absolute Gasteiger partial charge is 0.260 e. The fraction of sp³-hybridized carbons (Fsp3) is 0.400. The predicted octanol–water partition coefficient (Wildman–Crippen LogP) is 4.53. The molecule has 7 heteroatoms. The van der Waals surface area contributed by atoms with Crippen LogP contribution in [0.5, 0.6) is 5.75 Å². The van der Waals surface area contributed by atoms with Gasteiger partial charge in [0.25, 0.3) is 5.91 Å². The summed E-state index contributed by atoms with van der Waals surface area (Å²) in [6.07, 6.45) is 2.32. The Balaban J connectivity index is 1.16. The number of benzene rings is 2. The Morgan fingerprint density at radius 2 is 1.59 bits per heavy atom. The quantitative estimate of drug-likeness (QED) is 0.462. The van der Waals surface area contributed by atoms with E-state index in [4.69, 9.17) is 4.74 Å². The van der Waals surface area contributed by atoms with Crippen molar-refractivity contribution in [3.05, 3.63) is 87.6 Å². The number of ether oxygens (including phenoxy) is 1. The molecule has 2 aliphatic heterocycles. The van der Waals surface area contributed by atoms with Crippen LogP contribution in [0.25, 0.3) is 0 Å². The third-order valence-electron chi connectivity index (χ3n) is 7.47. The van der Waals surface area contributed by atoms with E-state index in [0.717, 1.165) is 25.9 Å². The number of aryl methyl sites for hydroxylation is 1. The topological polar surface area (TPSA) is 53.1 Å². The molecule has 37 heavy (non-hydrogen) atoms. The van der Waals surface area contributed by atoms with Gasteiger partial charge in [-0.2, -0.15) is 0 Å². The summed E-state index contributed by atoms with van der Waals surface area (Å²) in [4.78, 5) is 33.7. The summed E-state index contributed by atoms with van der Waals surface area (Å²) in [5.41, 5.74) is 4.01. The van der Waals surface area contributed by atoms with E-state index in [1.165, 1.54) is 21.6 Å². The van der Waals surface area contributed by atoms with Gasteiger partial charge >= 0.3 is 0 Å². The van der Waals surface area contributed by atoms with E-state index >= 15 is 0 Å². The fourth-order valence-corrected chi connectivity index (χ4v) is 6.34. The van der Waals surface area contributed by atoms with Crippen molar-refractivity contribution in [2.75, 3.05) is 45.9 Å². The summed E-state index contributed by atoms with van der Waals surface area (Å²) >= 11 is 1.84. The van der Waals surface area contributed by atoms with Crippen molar-refractivity contribution in [1.29, 1.82) is 0 Å². The lowest BCUT2D eigenvalue weighted by atomic mass is 9.90. The number of fused-ring (bicyclic) bond motifs is 1. The Hall–Kier alpha value is -3.16. The van der Waals surface area contributed by atoms with Crippen LogP contribution in [0.15, 0.2) is 66.0 Å². The van der Waals surface area contributed by atoms with Crippen molar-refractivity contribution in [1.82, 2.24) is 14.7 Å². The zero-order valence-electron chi connectivity index (χ0n) is 21.5. The molecular weight excluding hydrogens is 482 g/mol. The van der Waals surface area contributed by atoms with Gasteiger partial charge in [0.1, 0.15) is 5.75 Å². The molecule has 0 aliphatic carbocycles. The van der Waals surface area contributed by atoms with Crippen LogP contribution in [0.2, 0.25) is 0 Å². The Morgan fingerprint density at radius 3 is 2.38 bits per heavy atom. The van der Waals surface area contributed by atoms with Crippen LogP contribution in [0.4, 0.5) is 0 Å². The Bertz CT molecular complexity index is 1210. The van der Waals surface area contributed by atoms with Crippen LogP contribution in [0.1, 0.15) is 40.5 Å². The first-order valence-electron chi connectivity index (χ1n) is 13.2. The number of thiophene rings is 1. The van der Waals surface area contributed by atoms with Gasteiger partial charge in [0, 0.05) is 50.6 Å². The minimum atomic E-state index is -0.0286. The summed E-state index contributed by atoms with van der Waals surface area (Å²) in [5.74, 6) is 0.840. The number of amides is 2. The molecule has 0 saturated carbocycles. The average Bonchev–Trinajstić information content (AvgIpc) is 3.27. The lowest BCUT2D eigenvalue weighted by molar-refractivity contribution is -0.135. The van der Waals surface area contributed by atoms with Crippen LogP contribution in [0, 0.1) is 6.92 Å². The van der Waals surface area contributed by atoms with Crippen molar-refractivity contribution in [2.45, 2.75) is 32.2 Å². The van der Waals surface area contributed by atoms with Gasteiger partial charge in [-0.15, -0.1) is 11.3 Å². The maximum absolute atomic E-state index is 13.3. The first-order chi connectivity index (χ1) is 18.1. The van der Waals surface area contributed by atoms with Crippen molar-refractivity contribution < 1.29 is 14.3 Å². The van der Waals surface area contributed by atoms with Crippen molar-refractivity contribution in [3.8, 4) is 5.75 Å². The molecule has 1 aromatic heterocycles. The SMILES string of the molecule is Cc1ccccc1[C@H]1c2ccsc2CCN1CCC(=O)N1CCCN(C(=O)COc2ccccc2)CC1. The van der Waals surface area contributed by atoms with E-state index in [1.807, 2.05) is 51.5 Å². The Labute approximate surface area is 223 Å². The van der Waals surface area contributed by atoms with Gasteiger partial charge in [0.2, 0.25) is 5.91 Å².